The second kappa shape index (κ2) is 8.97. The summed E-state index contributed by atoms with van der Waals surface area (Å²) in [7, 11) is 1.93. The second-order valence-corrected chi connectivity index (χ2v) is 8.70. The molecule has 1 N–H and O–H groups in total. The van der Waals surface area contributed by atoms with Crippen LogP contribution in [0.4, 0.5) is 0 Å². The monoisotopic (exact) mass is 424 g/mol. The number of carbonyl (C=O) groups is 1. The molecule has 3 heterocycles. The predicted octanol–water partition coefficient (Wildman–Crippen LogP) is 4.36. The van der Waals surface area contributed by atoms with E-state index in [0.717, 1.165) is 49.2 Å². The number of pyridine rings is 1. The SMILES string of the molecule is CN1CCN(Cc2c[nH]c3ccccc23)C[C@H](Cc2cccc(-c3cccnc3)c2)C1=O. The summed E-state index contributed by atoms with van der Waals surface area (Å²) in [6.45, 7) is 3.25. The van der Waals surface area contributed by atoms with Crippen LogP contribution in [0.25, 0.3) is 22.0 Å². The largest absolute Gasteiger partial charge is 0.361 e. The summed E-state index contributed by atoms with van der Waals surface area (Å²) in [6, 6.07) is 20.9. The van der Waals surface area contributed by atoms with E-state index in [9.17, 15) is 4.79 Å². The number of aromatic nitrogens is 2. The van der Waals surface area contributed by atoms with Gasteiger partial charge in [-0.2, -0.15) is 0 Å². The Morgan fingerprint density at radius 2 is 1.91 bits per heavy atom. The molecular formula is C27H28N4O. The number of aromatic amines is 1. The van der Waals surface area contributed by atoms with Gasteiger partial charge >= 0.3 is 0 Å². The number of likely N-dealkylation sites (N-methyl/N-ethyl adjacent to an activating group) is 1. The minimum Gasteiger partial charge on any atom is -0.361 e. The van der Waals surface area contributed by atoms with Crippen molar-refractivity contribution in [1.82, 2.24) is 19.8 Å². The van der Waals surface area contributed by atoms with Crippen molar-refractivity contribution in [3.63, 3.8) is 0 Å². The zero-order chi connectivity index (χ0) is 21.9. The van der Waals surface area contributed by atoms with Crippen LogP contribution >= 0.6 is 0 Å². The van der Waals surface area contributed by atoms with Gasteiger partial charge in [0, 0.05) is 62.7 Å². The number of nitrogens with one attached hydrogen (secondary N) is 1. The van der Waals surface area contributed by atoms with Crippen molar-refractivity contribution in [3.8, 4) is 11.1 Å². The zero-order valence-corrected chi connectivity index (χ0v) is 18.4. The van der Waals surface area contributed by atoms with Gasteiger partial charge in [-0.15, -0.1) is 0 Å². The van der Waals surface area contributed by atoms with Gasteiger partial charge in [0.2, 0.25) is 5.91 Å². The highest BCUT2D eigenvalue weighted by Gasteiger charge is 2.29. The van der Waals surface area contributed by atoms with Crippen LogP contribution in [0.5, 0.6) is 0 Å². The lowest BCUT2D eigenvalue weighted by Crippen LogP contribution is -2.34. The molecule has 162 valence electrons. The van der Waals surface area contributed by atoms with E-state index in [2.05, 4.69) is 75.7 Å². The molecule has 1 fully saturated rings. The Morgan fingerprint density at radius 1 is 1.03 bits per heavy atom. The van der Waals surface area contributed by atoms with Gasteiger partial charge in [0.05, 0.1) is 5.92 Å². The fourth-order valence-electron chi connectivity index (χ4n) is 4.69. The van der Waals surface area contributed by atoms with Crippen molar-refractivity contribution in [1.29, 1.82) is 0 Å². The molecule has 0 radical (unpaired) electrons. The molecule has 0 unspecified atom stereocenters. The highest BCUT2D eigenvalue weighted by molar-refractivity contribution is 5.83. The number of nitrogens with zero attached hydrogens (tertiary/aromatic N) is 3. The normalized spacial score (nSPS) is 17.6. The molecule has 1 aliphatic rings. The molecule has 5 nitrogen and oxygen atoms in total. The summed E-state index contributed by atoms with van der Waals surface area (Å²) in [5.74, 6) is 0.176. The third kappa shape index (κ3) is 4.30. The van der Waals surface area contributed by atoms with Crippen LogP contribution in [-0.2, 0) is 17.8 Å². The smallest absolute Gasteiger partial charge is 0.227 e. The Labute approximate surface area is 188 Å². The maximum absolute atomic E-state index is 13.1. The molecule has 1 atom stereocenters. The summed E-state index contributed by atoms with van der Waals surface area (Å²) in [6.07, 6.45) is 6.51. The molecule has 1 saturated heterocycles. The Kier molecular flexibility index (Phi) is 5.73. The number of H-pyrrole nitrogens is 1. The van der Waals surface area contributed by atoms with Crippen molar-refractivity contribution in [2.75, 3.05) is 26.7 Å². The number of carbonyl (C=O) groups excluding carboxylic acids is 1. The van der Waals surface area contributed by atoms with Crippen molar-refractivity contribution in [2.45, 2.75) is 13.0 Å². The standard InChI is InChI=1S/C27H28N4O/c1-30-12-13-31(19-24-17-29-26-10-3-2-9-25(24)26)18-23(27(30)32)15-20-6-4-7-21(14-20)22-8-5-11-28-16-22/h2-11,14,16-17,23,29H,12-13,15,18-19H2,1H3/t23-/m0/s1. The Hall–Kier alpha value is -3.44. The minimum absolute atomic E-state index is 0.0585. The molecule has 2 aromatic heterocycles. The molecule has 32 heavy (non-hydrogen) atoms. The van der Waals surface area contributed by atoms with Crippen LogP contribution in [-0.4, -0.2) is 52.4 Å². The number of para-hydroxylation sites is 1. The molecule has 0 saturated carbocycles. The summed E-state index contributed by atoms with van der Waals surface area (Å²) < 4.78 is 0. The van der Waals surface area contributed by atoms with E-state index in [1.165, 1.54) is 16.5 Å². The number of fused-ring (bicyclic) bond motifs is 1. The molecule has 0 spiro atoms. The van der Waals surface area contributed by atoms with Gasteiger partial charge in [-0.05, 0) is 40.8 Å². The zero-order valence-electron chi connectivity index (χ0n) is 18.4. The van der Waals surface area contributed by atoms with Crippen LogP contribution in [0.15, 0.2) is 79.3 Å². The molecule has 1 aliphatic heterocycles. The van der Waals surface area contributed by atoms with Gasteiger partial charge < -0.3 is 9.88 Å². The Morgan fingerprint density at radius 3 is 2.78 bits per heavy atom. The first kappa shape index (κ1) is 20.5. The van der Waals surface area contributed by atoms with Crippen LogP contribution in [0.1, 0.15) is 11.1 Å². The molecule has 2 aromatic carbocycles. The summed E-state index contributed by atoms with van der Waals surface area (Å²) in [5, 5.41) is 1.26. The van der Waals surface area contributed by atoms with Gasteiger partial charge in [-0.25, -0.2) is 0 Å². The first-order valence-electron chi connectivity index (χ1n) is 11.2. The van der Waals surface area contributed by atoms with Gasteiger partial charge in [-0.1, -0.05) is 48.5 Å². The van der Waals surface area contributed by atoms with Gasteiger partial charge in [0.15, 0.2) is 0 Å². The minimum atomic E-state index is -0.0585. The summed E-state index contributed by atoms with van der Waals surface area (Å²) in [4.78, 5) is 25.1. The van der Waals surface area contributed by atoms with E-state index >= 15 is 0 Å². The Bertz CT molecular complexity index is 1220. The third-order valence-electron chi connectivity index (χ3n) is 6.43. The molecule has 1 amide bonds. The van der Waals surface area contributed by atoms with Crippen molar-refractivity contribution in [2.24, 2.45) is 5.92 Å². The molecule has 0 aliphatic carbocycles. The lowest BCUT2D eigenvalue weighted by atomic mass is 9.95. The number of amides is 1. The molecule has 5 heteroatoms. The molecular weight excluding hydrogens is 396 g/mol. The van der Waals surface area contributed by atoms with E-state index < -0.39 is 0 Å². The van der Waals surface area contributed by atoms with E-state index in [-0.39, 0.29) is 11.8 Å². The fourth-order valence-corrected chi connectivity index (χ4v) is 4.69. The van der Waals surface area contributed by atoms with Crippen LogP contribution in [0, 0.1) is 5.92 Å². The summed E-state index contributed by atoms with van der Waals surface area (Å²) in [5.41, 5.74) is 5.87. The number of hydrogen-bond acceptors (Lipinski definition) is 3. The number of rotatable bonds is 5. The van der Waals surface area contributed by atoms with Gasteiger partial charge in [0.25, 0.3) is 0 Å². The average Bonchev–Trinajstić information content (AvgIpc) is 3.19. The summed E-state index contributed by atoms with van der Waals surface area (Å²) >= 11 is 0. The first-order valence-corrected chi connectivity index (χ1v) is 11.2. The molecule has 0 bridgehead atoms. The topological polar surface area (TPSA) is 52.2 Å². The van der Waals surface area contributed by atoms with Crippen LogP contribution in [0.3, 0.4) is 0 Å². The van der Waals surface area contributed by atoms with Crippen molar-refractivity contribution in [3.05, 3.63) is 90.4 Å². The molecule has 5 rings (SSSR count). The van der Waals surface area contributed by atoms with E-state index in [1.54, 1.807) is 6.20 Å². The first-order chi connectivity index (χ1) is 15.7. The lowest BCUT2D eigenvalue weighted by molar-refractivity contribution is -0.133. The maximum atomic E-state index is 13.1. The highest BCUT2D eigenvalue weighted by Crippen LogP contribution is 2.24. The Balaban J connectivity index is 1.36. The van der Waals surface area contributed by atoms with Crippen molar-refractivity contribution < 1.29 is 4.79 Å². The van der Waals surface area contributed by atoms with Crippen molar-refractivity contribution >= 4 is 16.8 Å². The molecule has 4 aromatic rings. The van der Waals surface area contributed by atoms with Gasteiger partial charge in [-0.3, -0.25) is 14.7 Å². The number of benzene rings is 2. The quantitative estimate of drug-likeness (QED) is 0.518. The fraction of sp³-hybridized carbons (Fsp3) is 0.259. The van der Waals surface area contributed by atoms with Crippen LogP contribution < -0.4 is 0 Å². The van der Waals surface area contributed by atoms with E-state index in [1.807, 2.05) is 24.2 Å². The second-order valence-electron chi connectivity index (χ2n) is 8.70. The third-order valence-corrected chi connectivity index (χ3v) is 6.43. The van der Waals surface area contributed by atoms with E-state index in [0.29, 0.717) is 0 Å². The predicted molar refractivity (Wildman–Crippen MR) is 128 cm³/mol. The van der Waals surface area contributed by atoms with Gasteiger partial charge in [0.1, 0.15) is 0 Å². The number of hydrogen-bond donors (Lipinski definition) is 1. The lowest BCUT2D eigenvalue weighted by Gasteiger charge is -2.23. The average molecular weight is 425 g/mol. The maximum Gasteiger partial charge on any atom is 0.227 e. The highest BCUT2D eigenvalue weighted by atomic mass is 16.2. The van der Waals surface area contributed by atoms with Crippen LogP contribution in [0.2, 0.25) is 0 Å². The van der Waals surface area contributed by atoms with E-state index in [4.69, 9.17) is 0 Å².